The second-order valence-corrected chi connectivity index (χ2v) is 6.12. The van der Waals surface area contributed by atoms with E-state index in [1.807, 2.05) is 18.2 Å². The van der Waals surface area contributed by atoms with E-state index in [1.165, 1.54) is 5.56 Å². The first-order valence-electron chi connectivity index (χ1n) is 6.43. The van der Waals surface area contributed by atoms with Gasteiger partial charge >= 0.3 is 0 Å². The first-order chi connectivity index (χ1) is 9.40. The van der Waals surface area contributed by atoms with E-state index in [1.54, 1.807) is 18.2 Å². The summed E-state index contributed by atoms with van der Waals surface area (Å²) in [7, 11) is 0. The lowest BCUT2D eigenvalue weighted by Crippen LogP contribution is -2.10. The summed E-state index contributed by atoms with van der Waals surface area (Å²) in [6.07, 6.45) is 0.763. The normalized spacial score (nSPS) is 11.2. The van der Waals surface area contributed by atoms with Crippen LogP contribution in [0.2, 0.25) is 5.02 Å². The van der Waals surface area contributed by atoms with Gasteiger partial charge in [-0.15, -0.1) is 0 Å². The van der Waals surface area contributed by atoms with Gasteiger partial charge in [-0.25, -0.2) is 0 Å². The summed E-state index contributed by atoms with van der Waals surface area (Å²) in [4.78, 5) is 11.0. The number of rotatable bonds is 3. The Morgan fingerprint density at radius 1 is 1.10 bits per heavy atom. The highest BCUT2D eigenvalue weighted by atomic mass is 35.5. The topological polar surface area (TPSA) is 26.3 Å². The maximum Gasteiger partial charge on any atom is 0.153 e. The second kappa shape index (κ2) is 5.68. The molecule has 2 nitrogen and oxygen atoms in total. The van der Waals surface area contributed by atoms with Crippen molar-refractivity contribution >= 4 is 17.9 Å². The van der Waals surface area contributed by atoms with Gasteiger partial charge in [0.15, 0.2) is 6.29 Å². The van der Waals surface area contributed by atoms with E-state index in [0.29, 0.717) is 22.1 Å². The van der Waals surface area contributed by atoms with Crippen molar-refractivity contribution in [1.29, 1.82) is 0 Å². The lowest BCUT2D eigenvalue weighted by molar-refractivity contribution is 0.112. The Hall–Kier alpha value is -1.80. The molecule has 3 heteroatoms. The van der Waals surface area contributed by atoms with Crippen LogP contribution in [-0.2, 0) is 5.41 Å². The smallest absolute Gasteiger partial charge is 0.153 e. The van der Waals surface area contributed by atoms with Crippen LogP contribution < -0.4 is 4.74 Å². The summed E-state index contributed by atoms with van der Waals surface area (Å²) in [5.41, 5.74) is 1.70. The number of carbonyl (C=O) groups is 1. The predicted molar refractivity (Wildman–Crippen MR) is 82.1 cm³/mol. The number of benzene rings is 2. The zero-order valence-corrected chi connectivity index (χ0v) is 12.6. The third-order valence-electron chi connectivity index (χ3n) is 3.03. The van der Waals surface area contributed by atoms with Crippen molar-refractivity contribution in [1.82, 2.24) is 0 Å². The molecule has 0 saturated heterocycles. The standard InChI is InChI=1S/C17H17ClO2/c1-17(2,3)13-5-4-6-15(9-13)20-16-10-14(18)8-7-12(16)11-19/h4-11H,1-3H3. The molecule has 104 valence electrons. The minimum atomic E-state index is 0.0428. The molecule has 0 N–H and O–H groups in total. The largest absolute Gasteiger partial charge is 0.457 e. The number of ether oxygens (including phenoxy) is 1. The van der Waals surface area contributed by atoms with Gasteiger partial charge in [0.2, 0.25) is 0 Å². The quantitative estimate of drug-likeness (QED) is 0.722. The van der Waals surface area contributed by atoms with Crippen LogP contribution in [0.4, 0.5) is 0 Å². The van der Waals surface area contributed by atoms with E-state index >= 15 is 0 Å². The Kier molecular flexibility index (Phi) is 4.15. The first kappa shape index (κ1) is 14.6. The van der Waals surface area contributed by atoms with Gasteiger partial charge in [-0.1, -0.05) is 44.5 Å². The van der Waals surface area contributed by atoms with Crippen molar-refractivity contribution in [3.63, 3.8) is 0 Å². The van der Waals surface area contributed by atoms with Crippen molar-refractivity contribution in [2.75, 3.05) is 0 Å². The van der Waals surface area contributed by atoms with Crippen molar-refractivity contribution in [2.24, 2.45) is 0 Å². The molecule has 0 radical (unpaired) electrons. The van der Waals surface area contributed by atoms with E-state index < -0.39 is 0 Å². The fraction of sp³-hybridized carbons (Fsp3) is 0.235. The molecule has 0 saturated carbocycles. The first-order valence-corrected chi connectivity index (χ1v) is 6.81. The number of aldehydes is 1. The van der Waals surface area contributed by atoms with Crippen LogP contribution in [0.5, 0.6) is 11.5 Å². The highest BCUT2D eigenvalue weighted by Crippen LogP contribution is 2.30. The maximum atomic E-state index is 11.0. The van der Waals surface area contributed by atoms with Crippen LogP contribution in [0.1, 0.15) is 36.7 Å². The lowest BCUT2D eigenvalue weighted by Gasteiger charge is -2.20. The van der Waals surface area contributed by atoms with E-state index in [2.05, 4.69) is 26.8 Å². The molecule has 2 rings (SSSR count). The number of hydrogen-bond acceptors (Lipinski definition) is 2. The summed E-state index contributed by atoms with van der Waals surface area (Å²) < 4.78 is 5.80. The molecule has 0 aliphatic carbocycles. The van der Waals surface area contributed by atoms with Gasteiger partial charge in [0, 0.05) is 11.1 Å². The van der Waals surface area contributed by atoms with E-state index in [9.17, 15) is 4.79 Å². The Morgan fingerprint density at radius 2 is 1.85 bits per heavy atom. The number of hydrogen-bond donors (Lipinski definition) is 0. The Labute approximate surface area is 124 Å². The summed E-state index contributed by atoms with van der Waals surface area (Å²) >= 11 is 5.95. The van der Waals surface area contributed by atoms with E-state index in [-0.39, 0.29) is 5.41 Å². The fourth-order valence-electron chi connectivity index (χ4n) is 1.85. The third kappa shape index (κ3) is 3.40. The van der Waals surface area contributed by atoms with Crippen LogP contribution in [0.15, 0.2) is 42.5 Å². The third-order valence-corrected chi connectivity index (χ3v) is 3.27. The minimum Gasteiger partial charge on any atom is -0.457 e. The molecule has 0 aliphatic heterocycles. The Bertz CT molecular complexity index is 627. The van der Waals surface area contributed by atoms with Crippen LogP contribution in [0.3, 0.4) is 0 Å². The van der Waals surface area contributed by atoms with Crippen molar-refractivity contribution in [2.45, 2.75) is 26.2 Å². The summed E-state index contributed by atoms with van der Waals surface area (Å²) in [5, 5.41) is 0.539. The molecule has 0 heterocycles. The number of carbonyl (C=O) groups excluding carboxylic acids is 1. The summed E-state index contributed by atoms with van der Waals surface area (Å²) in [5.74, 6) is 1.17. The van der Waals surface area contributed by atoms with Crippen molar-refractivity contribution in [3.8, 4) is 11.5 Å². The van der Waals surface area contributed by atoms with Gasteiger partial charge in [-0.05, 0) is 35.2 Å². The molecule has 0 bridgehead atoms. The predicted octanol–water partition coefficient (Wildman–Crippen LogP) is 5.24. The molecule has 0 aliphatic rings. The molecule has 2 aromatic rings. The van der Waals surface area contributed by atoms with Gasteiger partial charge in [0.05, 0.1) is 5.56 Å². The van der Waals surface area contributed by atoms with Crippen molar-refractivity contribution < 1.29 is 9.53 Å². The molecule has 0 spiro atoms. The van der Waals surface area contributed by atoms with E-state index in [0.717, 1.165) is 6.29 Å². The molecule has 0 unspecified atom stereocenters. The lowest BCUT2D eigenvalue weighted by atomic mass is 9.87. The van der Waals surface area contributed by atoms with Gasteiger partial charge in [0.25, 0.3) is 0 Å². The molecule has 0 atom stereocenters. The molecule has 0 aromatic heterocycles. The highest BCUT2D eigenvalue weighted by Gasteiger charge is 2.14. The van der Waals surface area contributed by atoms with Crippen molar-refractivity contribution in [3.05, 3.63) is 58.6 Å². The van der Waals surface area contributed by atoms with Gasteiger partial charge in [-0.3, -0.25) is 4.79 Å². The molecule has 2 aromatic carbocycles. The highest BCUT2D eigenvalue weighted by molar-refractivity contribution is 6.30. The second-order valence-electron chi connectivity index (χ2n) is 5.68. The zero-order valence-electron chi connectivity index (χ0n) is 11.8. The molecule has 20 heavy (non-hydrogen) atoms. The average Bonchev–Trinajstić information content (AvgIpc) is 2.38. The van der Waals surface area contributed by atoms with Crippen LogP contribution >= 0.6 is 11.6 Å². The zero-order chi connectivity index (χ0) is 14.8. The maximum absolute atomic E-state index is 11.0. The van der Waals surface area contributed by atoms with Crippen LogP contribution in [0, 0.1) is 0 Å². The molecular weight excluding hydrogens is 272 g/mol. The average molecular weight is 289 g/mol. The van der Waals surface area contributed by atoms with E-state index in [4.69, 9.17) is 16.3 Å². The van der Waals surface area contributed by atoms with Gasteiger partial charge in [-0.2, -0.15) is 0 Å². The molecular formula is C17H17ClO2. The van der Waals surface area contributed by atoms with Gasteiger partial charge in [0.1, 0.15) is 11.5 Å². The minimum absolute atomic E-state index is 0.0428. The van der Waals surface area contributed by atoms with Crippen LogP contribution in [0.25, 0.3) is 0 Å². The summed E-state index contributed by atoms with van der Waals surface area (Å²) in [6.45, 7) is 6.42. The Balaban J connectivity index is 2.35. The SMILES string of the molecule is CC(C)(C)c1cccc(Oc2cc(Cl)ccc2C=O)c1. The Morgan fingerprint density at radius 3 is 2.50 bits per heavy atom. The molecule has 0 fully saturated rings. The monoisotopic (exact) mass is 288 g/mol. The fourth-order valence-corrected chi connectivity index (χ4v) is 2.01. The molecule has 0 amide bonds. The summed E-state index contributed by atoms with van der Waals surface area (Å²) in [6, 6.07) is 12.8. The van der Waals surface area contributed by atoms with Gasteiger partial charge < -0.3 is 4.74 Å². The number of halogens is 1. The van der Waals surface area contributed by atoms with Crippen LogP contribution in [-0.4, -0.2) is 6.29 Å².